The Morgan fingerprint density at radius 3 is 2.60 bits per heavy atom. The molecule has 0 unspecified atom stereocenters. The molecule has 1 atom stereocenters. The highest BCUT2D eigenvalue weighted by Crippen LogP contribution is 2.26. The van der Waals surface area contributed by atoms with Crippen LogP contribution < -0.4 is 4.74 Å². The van der Waals surface area contributed by atoms with E-state index in [-0.39, 0.29) is 53.0 Å². The van der Waals surface area contributed by atoms with Crippen molar-refractivity contribution in [3.8, 4) is 17.6 Å². The maximum atomic E-state index is 15.3. The molecule has 1 aliphatic heterocycles. The fraction of sp³-hybridized carbons (Fsp3) is 0.200. The van der Waals surface area contributed by atoms with Crippen LogP contribution in [0.3, 0.4) is 0 Å². The minimum Gasteiger partial charge on any atom is -0.478 e. The van der Waals surface area contributed by atoms with Crippen molar-refractivity contribution >= 4 is 17.0 Å². The number of carbonyl (C=O) groups is 1. The number of fused-ring (bicyclic) bond motifs is 1. The molecule has 1 saturated heterocycles. The summed E-state index contributed by atoms with van der Waals surface area (Å²) in [7, 11) is 0. The summed E-state index contributed by atoms with van der Waals surface area (Å²) in [5.41, 5.74) is 1.49. The first-order valence-electron chi connectivity index (χ1n) is 13.0. The number of halogens is 3. The first-order valence-corrected chi connectivity index (χ1v) is 13.0. The van der Waals surface area contributed by atoms with Gasteiger partial charge in [0.05, 0.1) is 40.9 Å². The summed E-state index contributed by atoms with van der Waals surface area (Å²) < 4.78 is 58.7. The maximum absolute atomic E-state index is 15.3. The molecule has 3 aromatic carbocycles. The largest absolute Gasteiger partial charge is 0.478 e. The lowest BCUT2D eigenvalue weighted by Gasteiger charge is -2.27. The number of benzene rings is 3. The lowest BCUT2D eigenvalue weighted by Crippen LogP contribution is -2.31. The molecular weight excluding hydrogens is 551 g/mol. The zero-order valence-corrected chi connectivity index (χ0v) is 21.9. The summed E-state index contributed by atoms with van der Waals surface area (Å²) in [6, 6.07) is 13.9. The smallest absolute Gasteiger partial charge is 0.335 e. The number of hydrogen-bond donors (Lipinski definition) is 1. The molecular formula is C30H22F3N5O4. The van der Waals surface area contributed by atoms with Crippen molar-refractivity contribution in [1.29, 1.82) is 5.26 Å². The number of imidazole rings is 1. The summed E-state index contributed by atoms with van der Waals surface area (Å²) >= 11 is 0. The van der Waals surface area contributed by atoms with Crippen molar-refractivity contribution in [1.82, 2.24) is 19.3 Å². The normalized spacial score (nSPS) is 14.5. The summed E-state index contributed by atoms with van der Waals surface area (Å²) in [4.78, 5) is 16.1. The van der Waals surface area contributed by atoms with Gasteiger partial charge in [-0.1, -0.05) is 6.07 Å². The molecule has 0 saturated carbocycles. The number of aromatic nitrogens is 4. The summed E-state index contributed by atoms with van der Waals surface area (Å²) in [5.74, 6) is -2.60. The van der Waals surface area contributed by atoms with Crippen molar-refractivity contribution < 1.29 is 32.5 Å². The standard InChI is InChI=1S/C30H22F3N5O4/c31-22-9-17(14-34)1-2-19(22)16-42-29-5-7-38(36-29)26-13-23(32)20(10-24(26)33)12-28-35-25-4-3-18(30(39)40)11-27(25)37(28)15-21-6-8-41-21/h1-5,7,9-11,13,21H,6,8,12,15-16H2,(H,39,40)/t21-/m0/s1. The second kappa shape index (κ2) is 11.0. The Morgan fingerprint density at radius 2 is 1.88 bits per heavy atom. The Balaban J connectivity index is 1.24. The molecule has 0 amide bonds. The van der Waals surface area contributed by atoms with Gasteiger partial charge in [0.25, 0.3) is 0 Å². The van der Waals surface area contributed by atoms with Crippen molar-refractivity contribution in [2.75, 3.05) is 6.61 Å². The molecule has 12 heteroatoms. The van der Waals surface area contributed by atoms with Crippen molar-refractivity contribution in [3.05, 3.63) is 106 Å². The van der Waals surface area contributed by atoms with Gasteiger partial charge in [0.2, 0.25) is 5.88 Å². The molecule has 0 radical (unpaired) electrons. The highest BCUT2D eigenvalue weighted by atomic mass is 19.1. The number of nitrogens with zero attached hydrogens (tertiary/aromatic N) is 5. The number of hydrogen-bond acceptors (Lipinski definition) is 6. The van der Waals surface area contributed by atoms with Gasteiger partial charge >= 0.3 is 5.97 Å². The molecule has 1 N–H and O–H groups in total. The van der Waals surface area contributed by atoms with Gasteiger partial charge in [-0.3, -0.25) is 0 Å². The Bertz CT molecular complexity index is 1870. The molecule has 5 aromatic rings. The fourth-order valence-corrected chi connectivity index (χ4v) is 4.74. The quantitative estimate of drug-likeness (QED) is 0.259. The van der Waals surface area contributed by atoms with Crippen LogP contribution in [0.4, 0.5) is 13.2 Å². The zero-order valence-electron chi connectivity index (χ0n) is 21.9. The van der Waals surface area contributed by atoms with Gasteiger partial charge in [-0.25, -0.2) is 27.6 Å². The molecule has 3 heterocycles. The van der Waals surface area contributed by atoms with Crippen LogP contribution >= 0.6 is 0 Å². The van der Waals surface area contributed by atoms with Gasteiger partial charge in [0.1, 0.15) is 35.6 Å². The first-order chi connectivity index (χ1) is 20.3. The van der Waals surface area contributed by atoms with Gasteiger partial charge in [-0.15, -0.1) is 5.10 Å². The minimum atomic E-state index is -1.08. The highest BCUT2D eigenvalue weighted by Gasteiger charge is 2.23. The van der Waals surface area contributed by atoms with E-state index in [1.54, 1.807) is 10.6 Å². The molecule has 42 heavy (non-hydrogen) atoms. The Labute approximate surface area is 237 Å². The van der Waals surface area contributed by atoms with E-state index < -0.39 is 23.4 Å². The minimum absolute atomic E-state index is 0.0452. The molecule has 9 nitrogen and oxygen atoms in total. The maximum Gasteiger partial charge on any atom is 0.335 e. The molecule has 0 bridgehead atoms. The monoisotopic (exact) mass is 573 g/mol. The number of ether oxygens (including phenoxy) is 2. The third-order valence-electron chi connectivity index (χ3n) is 7.09. The summed E-state index contributed by atoms with van der Waals surface area (Å²) in [5, 5.41) is 22.4. The van der Waals surface area contributed by atoms with Crippen LogP contribution in [0.15, 0.2) is 60.8 Å². The Hall–Kier alpha value is -5.15. The number of carboxylic acids is 1. The van der Waals surface area contributed by atoms with E-state index in [9.17, 15) is 14.3 Å². The highest BCUT2D eigenvalue weighted by molar-refractivity contribution is 5.92. The van der Waals surface area contributed by atoms with E-state index in [1.165, 1.54) is 36.5 Å². The lowest BCUT2D eigenvalue weighted by molar-refractivity contribution is -0.0589. The second-order valence-corrected chi connectivity index (χ2v) is 9.81. The Morgan fingerprint density at radius 1 is 1.07 bits per heavy atom. The average molecular weight is 574 g/mol. The van der Waals surface area contributed by atoms with Crippen molar-refractivity contribution in [2.45, 2.75) is 32.1 Å². The molecule has 212 valence electrons. The lowest BCUT2D eigenvalue weighted by atomic mass is 10.1. The average Bonchev–Trinajstić information content (AvgIpc) is 3.55. The van der Waals surface area contributed by atoms with Gasteiger partial charge in [-0.05, 0) is 48.4 Å². The molecule has 0 spiro atoms. The SMILES string of the molecule is N#Cc1ccc(COc2ccn(-c3cc(F)c(Cc4nc5ccc(C(=O)O)cc5n4C[C@@H]4CCO4)cc3F)n2)c(F)c1. The fourth-order valence-electron chi connectivity index (χ4n) is 4.74. The Kier molecular flexibility index (Phi) is 7.10. The van der Waals surface area contributed by atoms with Crippen molar-refractivity contribution in [3.63, 3.8) is 0 Å². The van der Waals surface area contributed by atoms with Crippen molar-refractivity contribution in [2.24, 2.45) is 0 Å². The first kappa shape index (κ1) is 27.0. The predicted molar refractivity (Wildman–Crippen MR) is 143 cm³/mol. The van der Waals surface area contributed by atoms with Gasteiger partial charge < -0.3 is 19.1 Å². The van der Waals surface area contributed by atoms with Crippen LogP contribution in [0.25, 0.3) is 16.7 Å². The van der Waals surface area contributed by atoms with E-state index >= 15 is 8.78 Å². The molecule has 2 aromatic heterocycles. The molecule has 0 aliphatic carbocycles. The number of nitriles is 1. The molecule has 6 rings (SSSR count). The van der Waals surface area contributed by atoms with E-state index in [2.05, 4.69) is 10.1 Å². The second-order valence-electron chi connectivity index (χ2n) is 9.81. The van der Waals surface area contributed by atoms with E-state index in [0.29, 0.717) is 30.0 Å². The van der Waals surface area contributed by atoms with E-state index in [4.69, 9.17) is 14.7 Å². The number of aromatic carboxylic acids is 1. The van der Waals surface area contributed by atoms with Crippen LogP contribution in [-0.4, -0.2) is 43.1 Å². The third kappa shape index (κ3) is 5.29. The summed E-state index contributed by atoms with van der Waals surface area (Å²) in [6.45, 7) is 0.853. The summed E-state index contributed by atoms with van der Waals surface area (Å²) in [6.07, 6.45) is 2.09. The number of rotatable bonds is 9. The van der Waals surface area contributed by atoms with Crippen LogP contribution in [-0.2, 0) is 24.3 Å². The van der Waals surface area contributed by atoms with Crippen LogP contribution in [0.5, 0.6) is 5.88 Å². The van der Waals surface area contributed by atoms with E-state index in [1.807, 2.05) is 6.07 Å². The molecule has 1 aliphatic rings. The van der Waals surface area contributed by atoms with Gasteiger partial charge in [-0.2, -0.15) is 5.26 Å². The predicted octanol–water partition coefficient (Wildman–Crippen LogP) is 5.17. The third-order valence-corrected chi connectivity index (χ3v) is 7.09. The molecule has 1 fully saturated rings. The van der Waals surface area contributed by atoms with Crippen LogP contribution in [0, 0.1) is 28.8 Å². The topological polar surface area (TPSA) is 115 Å². The van der Waals surface area contributed by atoms with Gasteiger partial charge in [0, 0.05) is 36.9 Å². The van der Waals surface area contributed by atoms with Gasteiger partial charge in [0.15, 0.2) is 0 Å². The zero-order chi connectivity index (χ0) is 29.4. The number of carboxylic acid groups (broad SMARTS) is 1. The van der Waals surface area contributed by atoms with Crippen LogP contribution in [0.1, 0.15) is 39.3 Å². The van der Waals surface area contributed by atoms with E-state index in [0.717, 1.165) is 29.3 Å². The van der Waals surface area contributed by atoms with Crippen LogP contribution in [0.2, 0.25) is 0 Å².